The van der Waals surface area contributed by atoms with Crippen LogP contribution in [0.25, 0.3) is 10.8 Å². The van der Waals surface area contributed by atoms with Crippen LogP contribution in [0.2, 0.25) is 15.1 Å². The Morgan fingerprint density at radius 1 is 0.839 bits per heavy atom. The second kappa shape index (κ2) is 8.20. The predicted molar refractivity (Wildman–Crippen MR) is 130 cm³/mol. The van der Waals surface area contributed by atoms with Gasteiger partial charge in [0.1, 0.15) is 0 Å². The summed E-state index contributed by atoms with van der Waals surface area (Å²) >= 11 is 18.8. The molecule has 0 bridgehead atoms. The molecule has 0 saturated carbocycles. The standard InChI is InChI=1S/C26H18Cl3NO/c27-18-8-5-16(6-9-18)15-30-24-12-7-17-3-1-2-4-20(17)26(24)22(14-25(30)31)21-11-10-19(28)13-23(21)29/h1-13,22H,14-15H2. The molecule has 0 spiro atoms. The minimum atomic E-state index is -0.139. The van der Waals surface area contributed by atoms with Crippen LogP contribution in [0.3, 0.4) is 0 Å². The van der Waals surface area contributed by atoms with E-state index in [4.69, 9.17) is 34.8 Å². The molecule has 1 aliphatic rings. The van der Waals surface area contributed by atoms with Gasteiger partial charge in [-0.15, -0.1) is 0 Å². The molecule has 1 heterocycles. The lowest BCUT2D eigenvalue weighted by Crippen LogP contribution is -2.36. The van der Waals surface area contributed by atoms with E-state index in [0.717, 1.165) is 33.2 Å². The molecule has 1 amide bonds. The molecule has 5 heteroatoms. The van der Waals surface area contributed by atoms with Gasteiger partial charge in [0.15, 0.2) is 0 Å². The smallest absolute Gasteiger partial charge is 0.228 e. The van der Waals surface area contributed by atoms with E-state index in [9.17, 15) is 4.79 Å². The second-order valence-corrected chi connectivity index (χ2v) is 9.03. The predicted octanol–water partition coefficient (Wildman–Crippen LogP) is 7.87. The van der Waals surface area contributed by atoms with Crippen LogP contribution < -0.4 is 4.90 Å². The number of benzene rings is 4. The largest absolute Gasteiger partial charge is 0.308 e. The quantitative estimate of drug-likeness (QED) is 0.301. The highest BCUT2D eigenvalue weighted by Gasteiger charge is 2.34. The van der Waals surface area contributed by atoms with Crippen molar-refractivity contribution in [1.29, 1.82) is 0 Å². The summed E-state index contributed by atoms with van der Waals surface area (Å²) < 4.78 is 0. The summed E-state index contributed by atoms with van der Waals surface area (Å²) in [7, 11) is 0. The number of carbonyl (C=O) groups excluding carboxylic acids is 1. The number of anilines is 1. The van der Waals surface area contributed by atoms with Crippen LogP contribution in [0.5, 0.6) is 0 Å². The van der Waals surface area contributed by atoms with Gasteiger partial charge in [0.25, 0.3) is 0 Å². The molecule has 4 aromatic rings. The average Bonchev–Trinajstić information content (AvgIpc) is 2.76. The first-order chi connectivity index (χ1) is 15.0. The van der Waals surface area contributed by atoms with E-state index in [1.54, 1.807) is 6.07 Å². The fraction of sp³-hybridized carbons (Fsp3) is 0.115. The first kappa shape index (κ1) is 20.4. The summed E-state index contributed by atoms with van der Waals surface area (Å²) in [5, 5.41) is 4.10. The molecule has 0 aliphatic carbocycles. The SMILES string of the molecule is O=C1CC(c2ccc(Cl)cc2Cl)c2c(ccc3ccccc23)N1Cc1ccc(Cl)cc1. The van der Waals surface area contributed by atoms with Crippen molar-refractivity contribution in [2.45, 2.75) is 18.9 Å². The molecule has 154 valence electrons. The Labute approximate surface area is 196 Å². The van der Waals surface area contributed by atoms with Crippen molar-refractivity contribution < 1.29 is 4.79 Å². The maximum absolute atomic E-state index is 13.4. The number of amides is 1. The van der Waals surface area contributed by atoms with Crippen molar-refractivity contribution in [3.8, 4) is 0 Å². The van der Waals surface area contributed by atoms with Gasteiger partial charge in [-0.1, -0.05) is 83.3 Å². The zero-order chi connectivity index (χ0) is 21.5. The van der Waals surface area contributed by atoms with E-state index in [1.807, 2.05) is 59.5 Å². The van der Waals surface area contributed by atoms with Crippen LogP contribution in [0.4, 0.5) is 5.69 Å². The Hall–Kier alpha value is -2.52. The summed E-state index contributed by atoms with van der Waals surface area (Å²) in [5.41, 5.74) is 3.99. The van der Waals surface area contributed by atoms with E-state index in [2.05, 4.69) is 18.2 Å². The average molecular weight is 467 g/mol. The van der Waals surface area contributed by atoms with E-state index in [-0.39, 0.29) is 11.8 Å². The molecule has 2 nitrogen and oxygen atoms in total. The van der Waals surface area contributed by atoms with Crippen LogP contribution in [0, 0.1) is 0 Å². The van der Waals surface area contributed by atoms with E-state index in [0.29, 0.717) is 28.0 Å². The molecule has 0 fully saturated rings. The third kappa shape index (κ3) is 3.80. The lowest BCUT2D eigenvalue weighted by atomic mass is 9.81. The van der Waals surface area contributed by atoms with E-state index >= 15 is 0 Å². The Balaban J connectivity index is 1.69. The molecule has 5 rings (SSSR count). The van der Waals surface area contributed by atoms with Crippen LogP contribution in [-0.4, -0.2) is 5.91 Å². The van der Waals surface area contributed by atoms with Gasteiger partial charge in [-0.2, -0.15) is 0 Å². The molecule has 1 unspecified atom stereocenters. The maximum atomic E-state index is 13.4. The summed E-state index contributed by atoms with van der Waals surface area (Å²) in [6.45, 7) is 0.489. The fourth-order valence-corrected chi connectivity index (χ4v) is 5.07. The minimum absolute atomic E-state index is 0.0637. The first-order valence-corrected chi connectivity index (χ1v) is 11.2. The van der Waals surface area contributed by atoms with Gasteiger partial charge in [-0.05, 0) is 57.8 Å². The van der Waals surface area contributed by atoms with Crippen molar-refractivity contribution in [1.82, 2.24) is 0 Å². The second-order valence-electron chi connectivity index (χ2n) is 7.75. The fourth-order valence-electron chi connectivity index (χ4n) is 4.40. The first-order valence-electron chi connectivity index (χ1n) is 10.0. The summed E-state index contributed by atoms with van der Waals surface area (Å²) in [6, 6.07) is 25.5. The number of hydrogen-bond acceptors (Lipinski definition) is 1. The number of rotatable bonds is 3. The molecular weight excluding hydrogens is 449 g/mol. The third-order valence-corrected chi connectivity index (χ3v) is 6.67. The van der Waals surface area contributed by atoms with Crippen molar-refractivity contribution >= 4 is 57.2 Å². The van der Waals surface area contributed by atoms with Gasteiger partial charge in [0.05, 0.1) is 6.54 Å². The Morgan fingerprint density at radius 3 is 2.35 bits per heavy atom. The Kier molecular flexibility index (Phi) is 5.39. The van der Waals surface area contributed by atoms with Crippen molar-refractivity contribution in [3.05, 3.63) is 111 Å². The zero-order valence-electron chi connectivity index (χ0n) is 16.5. The van der Waals surface area contributed by atoms with Gasteiger partial charge in [0, 0.05) is 33.1 Å². The lowest BCUT2D eigenvalue weighted by Gasteiger charge is -2.35. The zero-order valence-corrected chi connectivity index (χ0v) is 18.8. The molecule has 4 aromatic carbocycles. The number of fused-ring (bicyclic) bond motifs is 3. The molecule has 0 aromatic heterocycles. The van der Waals surface area contributed by atoms with Crippen LogP contribution in [0.1, 0.15) is 29.0 Å². The molecule has 0 saturated heterocycles. The topological polar surface area (TPSA) is 20.3 Å². The number of nitrogens with zero attached hydrogens (tertiary/aromatic N) is 1. The lowest BCUT2D eigenvalue weighted by molar-refractivity contribution is -0.119. The van der Waals surface area contributed by atoms with Gasteiger partial charge in [-0.25, -0.2) is 0 Å². The highest BCUT2D eigenvalue weighted by atomic mass is 35.5. The molecule has 1 aliphatic heterocycles. The minimum Gasteiger partial charge on any atom is -0.308 e. The molecule has 0 radical (unpaired) electrons. The Morgan fingerprint density at radius 2 is 1.58 bits per heavy atom. The van der Waals surface area contributed by atoms with Crippen LogP contribution in [0.15, 0.2) is 78.9 Å². The van der Waals surface area contributed by atoms with Gasteiger partial charge < -0.3 is 4.90 Å². The summed E-state index contributed by atoms with van der Waals surface area (Å²) in [4.78, 5) is 15.2. The van der Waals surface area contributed by atoms with Gasteiger partial charge in [-0.3, -0.25) is 4.79 Å². The highest BCUT2D eigenvalue weighted by Crippen LogP contribution is 2.46. The number of hydrogen-bond donors (Lipinski definition) is 0. The normalized spacial score (nSPS) is 15.9. The Bertz CT molecular complexity index is 1300. The summed E-state index contributed by atoms with van der Waals surface area (Å²) in [6.07, 6.45) is 0.343. The van der Waals surface area contributed by atoms with Crippen molar-refractivity contribution in [2.75, 3.05) is 4.90 Å². The van der Waals surface area contributed by atoms with Crippen molar-refractivity contribution in [2.24, 2.45) is 0 Å². The highest BCUT2D eigenvalue weighted by molar-refractivity contribution is 6.35. The maximum Gasteiger partial charge on any atom is 0.228 e. The molecule has 0 N–H and O–H groups in total. The molecular formula is C26H18Cl3NO. The van der Waals surface area contributed by atoms with Crippen molar-refractivity contribution in [3.63, 3.8) is 0 Å². The van der Waals surface area contributed by atoms with Gasteiger partial charge in [0.2, 0.25) is 5.91 Å². The van der Waals surface area contributed by atoms with E-state index < -0.39 is 0 Å². The van der Waals surface area contributed by atoms with Crippen LogP contribution >= 0.6 is 34.8 Å². The number of carbonyl (C=O) groups is 1. The van der Waals surface area contributed by atoms with E-state index in [1.165, 1.54) is 0 Å². The monoisotopic (exact) mass is 465 g/mol. The van der Waals surface area contributed by atoms with Gasteiger partial charge >= 0.3 is 0 Å². The third-order valence-electron chi connectivity index (χ3n) is 5.86. The summed E-state index contributed by atoms with van der Waals surface area (Å²) in [5.74, 6) is -0.0754. The van der Waals surface area contributed by atoms with Crippen LogP contribution in [-0.2, 0) is 11.3 Å². The molecule has 31 heavy (non-hydrogen) atoms. The molecule has 1 atom stereocenters. The number of halogens is 3.